The van der Waals surface area contributed by atoms with Gasteiger partial charge in [-0.1, -0.05) is 6.07 Å². The third kappa shape index (κ3) is 1.07. The molecule has 2 heterocycles. The SMILES string of the molecule is c1ccc(-[13c]2nn[nH]n2)nc1. The summed E-state index contributed by atoms with van der Waals surface area (Å²) in [6.07, 6.45) is 1.69. The molecule has 2 aromatic heterocycles. The Bertz CT molecular complexity index is 314. The minimum atomic E-state index is 0.519. The molecule has 11 heavy (non-hydrogen) atoms. The van der Waals surface area contributed by atoms with E-state index < -0.39 is 0 Å². The van der Waals surface area contributed by atoms with E-state index in [-0.39, 0.29) is 0 Å². The lowest BCUT2D eigenvalue weighted by atomic mass is 10.4. The quantitative estimate of drug-likeness (QED) is 0.629. The van der Waals surface area contributed by atoms with E-state index in [2.05, 4.69) is 25.6 Å². The van der Waals surface area contributed by atoms with Gasteiger partial charge in [0.25, 0.3) is 0 Å². The van der Waals surface area contributed by atoms with Gasteiger partial charge in [-0.15, -0.1) is 10.2 Å². The molecular formula is C6H5N5. The van der Waals surface area contributed by atoms with Crippen molar-refractivity contribution in [3.8, 4) is 11.5 Å². The second-order valence-corrected chi connectivity index (χ2v) is 1.95. The van der Waals surface area contributed by atoms with Crippen LogP contribution < -0.4 is 0 Å². The van der Waals surface area contributed by atoms with Crippen molar-refractivity contribution in [2.24, 2.45) is 0 Å². The number of hydrogen-bond donors (Lipinski definition) is 1. The summed E-state index contributed by atoms with van der Waals surface area (Å²) in [6.45, 7) is 0. The number of rotatable bonds is 1. The van der Waals surface area contributed by atoms with Crippen LogP contribution in [0, 0.1) is 0 Å². The standard InChI is InChI=1S/C6H5N5/c1-2-4-7-5(3-1)6-8-10-11-9-6/h1-4H,(H,8,9,10,11)/i6+1. The first-order valence-electron chi connectivity index (χ1n) is 3.11. The van der Waals surface area contributed by atoms with E-state index in [0.717, 1.165) is 5.69 Å². The zero-order valence-corrected chi connectivity index (χ0v) is 5.60. The summed E-state index contributed by atoms with van der Waals surface area (Å²) in [5.41, 5.74) is 0.723. The van der Waals surface area contributed by atoms with E-state index in [4.69, 9.17) is 0 Å². The summed E-state index contributed by atoms with van der Waals surface area (Å²) in [7, 11) is 0. The van der Waals surface area contributed by atoms with Gasteiger partial charge in [0.05, 0.1) is 0 Å². The summed E-state index contributed by atoms with van der Waals surface area (Å²) < 4.78 is 0. The van der Waals surface area contributed by atoms with Gasteiger partial charge in [-0.05, 0) is 17.3 Å². The van der Waals surface area contributed by atoms with Gasteiger partial charge >= 0.3 is 0 Å². The van der Waals surface area contributed by atoms with Gasteiger partial charge in [0.1, 0.15) is 5.69 Å². The summed E-state index contributed by atoms with van der Waals surface area (Å²) >= 11 is 0. The molecule has 0 saturated heterocycles. The molecule has 0 spiro atoms. The number of nitrogens with zero attached hydrogens (tertiary/aromatic N) is 4. The molecule has 0 saturated carbocycles. The Kier molecular flexibility index (Phi) is 1.33. The summed E-state index contributed by atoms with van der Waals surface area (Å²) in [4.78, 5) is 4.04. The summed E-state index contributed by atoms with van der Waals surface area (Å²) in [5.74, 6) is 0.519. The summed E-state index contributed by atoms with van der Waals surface area (Å²) in [5, 5.41) is 13.3. The topological polar surface area (TPSA) is 67.3 Å². The largest absolute Gasteiger partial charge is 0.253 e. The highest BCUT2D eigenvalue weighted by Gasteiger charge is 2.00. The van der Waals surface area contributed by atoms with E-state index in [9.17, 15) is 0 Å². The molecule has 0 aliphatic carbocycles. The molecule has 0 aromatic carbocycles. The second kappa shape index (κ2) is 2.45. The average Bonchev–Trinajstić information content (AvgIpc) is 2.58. The van der Waals surface area contributed by atoms with E-state index in [1.54, 1.807) is 6.20 Å². The molecule has 0 fully saturated rings. The molecule has 0 aliphatic rings. The van der Waals surface area contributed by atoms with Crippen molar-refractivity contribution in [1.29, 1.82) is 0 Å². The second-order valence-electron chi connectivity index (χ2n) is 1.95. The van der Waals surface area contributed by atoms with E-state index in [1.165, 1.54) is 0 Å². The van der Waals surface area contributed by atoms with Crippen molar-refractivity contribution in [3.05, 3.63) is 24.4 Å². The Labute approximate surface area is 62.5 Å². The maximum absolute atomic E-state index is 4.04. The van der Waals surface area contributed by atoms with Crippen LogP contribution in [0.15, 0.2) is 24.4 Å². The van der Waals surface area contributed by atoms with Crippen molar-refractivity contribution in [2.45, 2.75) is 0 Å². The zero-order chi connectivity index (χ0) is 7.52. The Balaban J connectivity index is 2.46. The highest BCUT2D eigenvalue weighted by Crippen LogP contribution is 2.06. The Morgan fingerprint density at radius 2 is 2.27 bits per heavy atom. The summed E-state index contributed by atoms with van der Waals surface area (Å²) in [6, 6.07) is 5.53. The number of H-pyrrole nitrogens is 1. The van der Waals surface area contributed by atoms with Crippen LogP contribution in [-0.2, 0) is 0 Å². The van der Waals surface area contributed by atoms with E-state index in [1.807, 2.05) is 18.2 Å². The van der Waals surface area contributed by atoms with Crippen molar-refractivity contribution in [3.63, 3.8) is 0 Å². The van der Waals surface area contributed by atoms with Gasteiger partial charge in [-0.3, -0.25) is 4.98 Å². The molecule has 0 amide bonds. The predicted molar refractivity (Wildman–Crippen MR) is 37.4 cm³/mol. The van der Waals surface area contributed by atoms with Gasteiger partial charge in [-0.2, -0.15) is 5.21 Å². The van der Waals surface area contributed by atoms with Gasteiger partial charge in [0, 0.05) is 6.20 Å². The highest BCUT2D eigenvalue weighted by molar-refractivity contribution is 5.46. The monoisotopic (exact) mass is 148 g/mol. The molecular weight excluding hydrogens is 143 g/mol. The Hall–Kier alpha value is -1.78. The van der Waals surface area contributed by atoms with Gasteiger partial charge in [0.15, 0.2) is 0 Å². The lowest BCUT2D eigenvalue weighted by molar-refractivity contribution is 0.881. The number of hydrogen-bond acceptors (Lipinski definition) is 4. The van der Waals surface area contributed by atoms with Crippen molar-refractivity contribution in [1.82, 2.24) is 25.6 Å². The normalized spacial score (nSPS) is 9.82. The van der Waals surface area contributed by atoms with Crippen LogP contribution in [0.2, 0.25) is 0 Å². The molecule has 2 rings (SSSR count). The molecule has 5 nitrogen and oxygen atoms in total. The molecule has 0 bridgehead atoms. The van der Waals surface area contributed by atoms with Crippen LogP contribution in [0.5, 0.6) is 0 Å². The van der Waals surface area contributed by atoms with Crippen LogP contribution >= 0.6 is 0 Å². The fraction of sp³-hybridized carbons (Fsp3) is 0. The smallest absolute Gasteiger partial charge is 0.222 e. The zero-order valence-electron chi connectivity index (χ0n) is 5.60. The van der Waals surface area contributed by atoms with Crippen molar-refractivity contribution >= 4 is 0 Å². The first kappa shape index (κ1) is 5.96. The first-order chi connectivity index (χ1) is 5.47. The van der Waals surface area contributed by atoms with E-state index in [0.29, 0.717) is 5.82 Å². The Morgan fingerprint density at radius 3 is 2.91 bits per heavy atom. The number of tetrazole rings is 1. The minimum Gasteiger partial charge on any atom is -0.253 e. The molecule has 0 unspecified atom stereocenters. The van der Waals surface area contributed by atoms with Crippen LogP contribution in [0.1, 0.15) is 0 Å². The van der Waals surface area contributed by atoms with Crippen LogP contribution in [0.3, 0.4) is 0 Å². The number of nitrogens with one attached hydrogen (secondary N) is 1. The maximum atomic E-state index is 4.04. The van der Waals surface area contributed by atoms with Gasteiger partial charge < -0.3 is 0 Å². The average molecular weight is 148 g/mol. The van der Waals surface area contributed by atoms with Crippen LogP contribution in [-0.4, -0.2) is 25.6 Å². The van der Waals surface area contributed by atoms with Crippen molar-refractivity contribution in [2.75, 3.05) is 0 Å². The molecule has 0 radical (unpaired) electrons. The fourth-order valence-corrected chi connectivity index (χ4v) is 0.765. The molecule has 54 valence electrons. The molecule has 2 aromatic rings. The third-order valence-corrected chi connectivity index (χ3v) is 1.24. The fourth-order valence-electron chi connectivity index (χ4n) is 0.765. The van der Waals surface area contributed by atoms with Gasteiger partial charge in [0.2, 0.25) is 5.82 Å². The number of aromatic nitrogens is 5. The lowest BCUT2D eigenvalue weighted by Crippen LogP contribution is -1.83. The highest BCUT2D eigenvalue weighted by atomic mass is 15.5. The molecule has 5 heteroatoms. The first-order valence-corrected chi connectivity index (χ1v) is 3.11. The maximum Gasteiger partial charge on any atom is 0.222 e. The molecule has 0 atom stereocenters. The number of aromatic amines is 1. The van der Waals surface area contributed by atoms with Crippen molar-refractivity contribution < 1.29 is 0 Å². The lowest BCUT2D eigenvalue weighted by Gasteiger charge is -1.88. The van der Waals surface area contributed by atoms with Gasteiger partial charge in [-0.25, -0.2) is 0 Å². The Morgan fingerprint density at radius 1 is 1.27 bits per heavy atom. The van der Waals surface area contributed by atoms with E-state index >= 15 is 0 Å². The predicted octanol–water partition coefficient (Wildman–Crippen LogP) is 0.262. The van der Waals surface area contributed by atoms with Crippen LogP contribution in [0.25, 0.3) is 11.5 Å². The third-order valence-electron chi connectivity index (χ3n) is 1.24. The molecule has 1 N–H and O–H groups in total. The molecule has 0 aliphatic heterocycles. The van der Waals surface area contributed by atoms with Crippen LogP contribution in [0.4, 0.5) is 0 Å². The minimum absolute atomic E-state index is 0.519. The number of pyridine rings is 1.